The van der Waals surface area contributed by atoms with E-state index in [4.69, 9.17) is 11.6 Å². The molecular weight excluding hydrogens is 248 g/mol. The van der Waals surface area contributed by atoms with E-state index >= 15 is 0 Å². The third-order valence-electron chi connectivity index (χ3n) is 2.73. The lowest BCUT2D eigenvalue weighted by Crippen LogP contribution is -2.16. The first-order valence-electron chi connectivity index (χ1n) is 5.50. The molecule has 0 unspecified atom stereocenters. The molecule has 0 N–H and O–H groups in total. The molecule has 2 heterocycles. The summed E-state index contributed by atoms with van der Waals surface area (Å²) in [5.41, 5.74) is 1.70. The first-order chi connectivity index (χ1) is 8.77. The molecule has 0 saturated heterocycles. The van der Waals surface area contributed by atoms with E-state index in [0.717, 1.165) is 5.56 Å². The van der Waals surface area contributed by atoms with Crippen LogP contribution in [0.1, 0.15) is 0 Å². The van der Waals surface area contributed by atoms with E-state index in [1.807, 2.05) is 36.4 Å². The Hall–Kier alpha value is -2.13. The SMILES string of the molecule is O=c1c(Cl)c(-c2ccccc2)nc2ccccn12. The molecule has 0 saturated carbocycles. The molecule has 0 atom stereocenters. The van der Waals surface area contributed by atoms with Crippen molar-refractivity contribution in [2.24, 2.45) is 0 Å². The number of hydrogen-bond acceptors (Lipinski definition) is 2. The summed E-state index contributed by atoms with van der Waals surface area (Å²) in [5, 5.41) is 0.143. The molecule has 0 spiro atoms. The second kappa shape index (κ2) is 4.27. The third kappa shape index (κ3) is 1.69. The molecule has 3 rings (SSSR count). The largest absolute Gasteiger partial charge is 0.277 e. The number of hydrogen-bond donors (Lipinski definition) is 0. The Balaban J connectivity index is 2.38. The smallest absolute Gasteiger partial charge is 0.267 e. The van der Waals surface area contributed by atoms with Crippen molar-refractivity contribution in [1.29, 1.82) is 0 Å². The van der Waals surface area contributed by atoms with Crippen LogP contribution in [-0.4, -0.2) is 9.38 Å². The number of pyridine rings is 1. The van der Waals surface area contributed by atoms with E-state index < -0.39 is 0 Å². The molecule has 0 fully saturated rings. The highest BCUT2D eigenvalue weighted by molar-refractivity contribution is 6.32. The van der Waals surface area contributed by atoms with Gasteiger partial charge in [0.1, 0.15) is 10.7 Å². The van der Waals surface area contributed by atoms with Gasteiger partial charge < -0.3 is 0 Å². The topological polar surface area (TPSA) is 34.4 Å². The normalized spacial score (nSPS) is 10.7. The fourth-order valence-electron chi connectivity index (χ4n) is 1.85. The number of aromatic nitrogens is 2. The predicted molar refractivity (Wildman–Crippen MR) is 71.9 cm³/mol. The average Bonchev–Trinajstić information content (AvgIpc) is 2.44. The lowest BCUT2D eigenvalue weighted by atomic mass is 10.1. The molecule has 1 aromatic carbocycles. The van der Waals surface area contributed by atoms with Crippen molar-refractivity contribution in [2.45, 2.75) is 0 Å². The molecule has 3 nitrogen and oxygen atoms in total. The Morgan fingerprint density at radius 1 is 1.00 bits per heavy atom. The van der Waals surface area contributed by atoms with Gasteiger partial charge in [-0.2, -0.15) is 0 Å². The summed E-state index contributed by atoms with van der Waals surface area (Å²) >= 11 is 6.11. The van der Waals surface area contributed by atoms with E-state index in [1.54, 1.807) is 18.3 Å². The van der Waals surface area contributed by atoms with Crippen molar-refractivity contribution in [3.63, 3.8) is 0 Å². The first-order valence-corrected chi connectivity index (χ1v) is 5.87. The van der Waals surface area contributed by atoms with Crippen LogP contribution in [0, 0.1) is 0 Å². The Labute approximate surface area is 108 Å². The molecule has 2 aromatic heterocycles. The summed E-state index contributed by atoms with van der Waals surface area (Å²) in [6, 6.07) is 14.8. The summed E-state index contributed by atoms with van der Waals surface area (Å²) < 4.78 is 1.44. The van der Waals surface area contributed by atoms with Crippen molar-refractivity contribution in [3.8, 4) is 11.3 Å². The van der Waals surface area contributed by atoms with Crippen LogP contribution in [0.25, 0.3) is 16.9 Å². The van der Waals surface area contributed by atoms with E-state index in [1.165, 1.54) is 4.40 Å². The third-order valence-corrected chi connectivity index (χ3v) is 3.07. The number of fused-ring (bicyclic) bond motifs is 1. The van der Waals surface area contributed by atoms with Gasteiger partial charge in [0.25, 0.3) is 5.56 Å². The molecule has 88 valence electrons. The Morgan fingerprint density at radius 3 is 2.50 bits per heavy atom. The Morgan fingerprint density at radius 2 is 1.72 bits per heavy atom. The van der Waals surface area contributed by atoms with Gasteiger partial charge in [0, 0.05) is 11.8 Å². The highest BCUT2D eigenvalue weighted by Crippen LogP contribution is 2.23. The molecule has 0 aliphatic heterocycles. The van der Waals surface area contributed by atoms with Gasteiger partial charge in [-0.3, -0.25) is 9.20 Å². The molecule has 3 aromatic rings. The van der Waals surface area contributed by atoms with Crippen LogP contribution in [0.2, 0.25) is 5.02 Å². The summed E-state index contributed by atoms with van der Waals surface area (Å²) in [7, 11) is 0. The number of nitrogens with zero attached hydrogens (tertiary/aromatic N) is 2. The van der Waals surface area contributed by atoms with Crippen molar-refractivity contribution < 1.29 is 0 Å². The van der Waals surface area contributed by atoms with Gasteiger partial charge in [0.05, 0.1) is 5.69 Å². The lowest BCUT2D eigenvalue weighted by molar-refractivity contribution is 1.05. The van der Waals surface area contributed by atoms with Crippen LogP contribution in [0.3, 0.4) is 0 Å². The number of rotatable bonds is 1. The van der Waals surface area contributed by atoms with E-state index in [9.17, 15) is 4.79 Å². The van der Waals surface area contributed by atoms with Gasteiger partial charge in [-0.05, 0) is 12.1 Å². The number of halogens is 1. The van der Waals surface area contributed by atoms with Gasteiger partial charge >= 0.3 is 0 Å². The second-order valence-electron chi connectivity index (χ2n) is 3.87. The average molecular weight is 257 g/mol. The van der Waals surface area contributed by atoms with E-state index in [2.05, 4.69) is 4.98 Å². The predicted octanol–water partition coefficient (Wildman–Crippen LogP) is 3.01. The van der Waals surface area contributed by atoms with Gasteiger partial charge in [0.15, 0.2) is 0 Å². The highest BCUT2D eigenvalue weighted by Gasteiger charge is 2.11. The van der Waals surface area contributed by atoms with Crippen LogP contribution in [-0.2, 0) is 0 Å². The second-order valence-corrected chi connectivity index (χ2v) is 4.25. The van der Waals surface area contributed by atoms with Crippen molar-refractivity contribution >= 4 is 17.2 Å². The minimum absolute atomic E-state index is 0.143. The van der Waals surface area contributed by atoms with E-state index in [-0.39, 0.29) is 10.6 Å². The molecule has 0 amide bonds. The fourth-order valence-corrected chi connectivity index (χ4v) is 2.10. The van der Waals surface area contributed by atoms with Crippen LogP contribution in [0.5, 0.6) is 0 Å². The minimum Gasteiger partial charge on any atom is -0.267 e. The highest BCUT2D eigenvalue weighted by atomic mass is 35.5. The quantitative estimate of drug-likeness (QED) is 0.671. The molecular formula is C14H9ClN2O. The molecule has 0 bridgehead atoms. The summed E-state index contributed by atoms with van der Waals surface area (Å²) in [5.74, 6) is 0. The maximum Gasteiger partial charge on any atom is 0.277 e. The maximum atomic E-state index is 12.1. The first kappa shape index (κ1) is 11.0. The van der Waals surface area contributed by atoms with Crippen LogP contribution in [0.4, 0.5) is 0 Å². The fraction of sp³-hybridized carbons (Fsp3) is 0. The van der Waals surface area contributed by atoms with Gasteiger partial charge in [0.2, 0.25) is 0 Å². The lowest BCUT2D eigenvalue weighted by Gasteiger charge is -2.06. The molecule has 4 heteroatoms. The van der Waals surface area contributed by atoms with E-state index in [0.29, 0.717) is 11.3 Å². The van der Waals surface area contributed by atoms with Gasteiger partial charge in [-0.15, -0.1) is 0 Å². The van der Waals surface area contributed by atoms with Crippen LogP contribution in [0.15, 0.2) is 59.5 Å². The monoisotopic (exact) mass is 256 g/mol. The molecule has 0 radical (unpaired) electrons. The summed E-state index contributed by atoms with van der Waals surface area (Å²) in [6.07, 6.45) is 1.66. The minimum atomic E-state index is -0.249. The maximum absolute atomic E-state index is 12.1. The summed E-state index contributed by atoms with van der Waals surface area (Å²) in [4.78, 5) is 16.6. The van der Waals surface area contributed by atoms with Crippen molar-refractivity contribution in [2.75, 3.05) is 0 Å². The van der Waals surface area contributed by atoms with Gasteiger partial charge in [-0.25, -0.2) is 4.98 Å². The number of benzene rings is 1. The van der Waals surface area contributed by atoms with Crippen LogP contribution >= 0.6 is 11.6 Å². The van der Waals surface area contributed by atoms with Gasteiger partial charge in [-0.1, -0.05) is 48.0 Å². The van der Waals surface area contributed by atoms with Crippen molar-refractivity contribution in [1.82, 2.24) is 9.38 Å². The molecule has 0 aliphatic carbocycles. The Bertz CT molecular complexity index is 766. The zero-order valence-corrected chi connectivity index (χ0v) is 10.1. The van der Waals surface area contributed by atoms with Crippen molar-refractivity contribution in [3.05, 3.63) is 70.1 Å². The Kier molecular flexibility index (Phi) is 2.61. The zero-order chi connectivity index (χ0) is 12.5. The molecule has 0 aliphatic rings. The summed E-state index contributed by atoms with van der Waals surface area (Å²) in [6.45, 7) is 0. The zero-order valence-electron chi connectivity index (χ0n) is 9.38. The molecule has 18 heavy (non-hydrogen) atoms. The van der Waals surface area contributed by atoms with Crippen LogP contribution < -0.4 is 5.56 Å². The standard InChI is InChI=1S/C14H9ClN2O/c15-12-13(10-6-2-1-3-7-10)16-11-8-4-5-9-17(11)14(12)18/h1-9H.